The van der Waals surface area contributed by atoms with Gasteiger partial charge in [-0.1, -0.05) is 114 Å². The van der Waals surface area contributed by atoms with Gasteiger partial charge in [-0.15, -0.1) is 22.1 Å². The van der Waals surface area contributed by atoms with Crippen LogP contribution in [0.2, 0.25) is 0 Å². The largest absolute Gasteiger partial charge is 2.00 e. The molecule has 0 saturated carbocycles. The Balaban J connectivity index is 0.000000683. The van der Waals surface area contributed by atoms with Gasteiger partial charge >= 0.3 is 54.8 Å². The Morgan fingerprint density at radius 3 is 1.07 bits per heavy atom. The molecule has 0 spiro atoms. The molecule has 3 aromatic carbocycles. The Morgan fingerprint density at radius 2 is 0.729 bits per heavy atom. The standard InChI is InChI=1S/C46H33N5.C2H6OS.2ClH.Pt.Zn/c1-28-4-10-31(11-5-28)43-35-16-18-37(48-35)44(32-12-6-29(2)7-13-32)39-20-22-41(50-39)46(34-24-26-47-27-25-34)42-23-21-40(51-42)45(38-19-17-36(43)49-38)33-14-8-30(3)9-15-33;1-4(2)3;;;;/h4-27H,1-3H3;1-2H3;2*1H;;/q-2;;;;2*+2/p-2. The smallest absolute Gasteiger partial charge is 2.00 e. The molecule has 294 valence electrons. The summed E-state index contributed by atoms with van der Waals surface area (Å²) in [5, 5.41) is 0. The summed E-state index contributed by atoms with van der Waals surface area (Å²) in [4.78, 5) is 25.7. The molecule has 9 rings (SSSR count). The van der Waals surface area contributed by atoms with E-state index >= 15 is 0 Å². The third kappa shape index (κ3) is 10.3. The van der Waals surface area contributed by atoms with E-state index in [0.29, 0.717) is 0 Å². The molecule has 0 unspecified atom stereocenters. The molecule has 0 aliphatic carbocycles. The number of hydrogen-bond donors (Lipinski definition) is 0. The van der Waals surface area contributed by atoms with Crippen LogP contribution in [0.15, 0.2) is 122 Å². The molecule has 4 aromatic heterocycles. The molecule has 7 aromatic rings. The molecule has 8 bridgehead atoms. The number of rotatable bonds is 4. The van der Waals surface area contributed by atoms with Gasteiger partial charge in [-0.25, -0.2) is 9.97 Å². The SMILES string of the molecule is CS(C)=O.Cc1ccc(-c2c3nc(c(-c4ccc(C)cc4)c4ccc([n-]4)c(-c4ccncc4)c4ccc([n-]4)c(-c4ccc(C)cc4)c4nc2C=C4)C=C3)cc1.[Cl][Pt][Cl].[Zn+2]. The van der Waals surface area contributed by atoms with Gasteiger partial charge in [0.05, 0.1) is 22.8 Å². The number of aromatic nitrogens is 5. The molecule has 0 N–H and O–H groups in total. The van der Waals surface area contributed by atoms with Gasteiger partial charge in [0.25, 0.3) is 0 Å². The van der Waals surface area contributed by atoms with Gasteiger partial charge in [-0.05, 0) is 96.2 Å². The predicted molar refractivity (Wildman–Crippen MR) is 242 cm³/mol. The monoisotopic (exact) mass is 1060 g/mol. The van der Waals surface area contributed by atoms with Crippen LogP contribution in [0.1, 0.15) is 39.5 Å². The minimum atomic E-state index is -0.611. The van der Waals surface area contributed by atoms with Gasteiger partial charge in [0.1, 0.15) is 0 Å². The second kappa shape index (κ2) is 20.1. The molecule has 0 atom stereocenters. The van der Waals surface area contributed by atoms with Crippen LogP contribution < -0.4 is 9.97 Å². The van der Waals surface area contributed by atoms with Crippen LogP contribution in [-0.2, 0) is 46.8 Å². The maximum atomic E-state index is 9.56. The van der Waals surface area contributed by atoms with Crippen LogP contribution in [0.3, 0.4) is 0 Å². The molecule has 6 heterocycles. The van der Waals surface area contributed by atoms with E-state index in [1.807, 2.05) is 24.5 Å². The number of aryl methyl sites for hydroxylation is 3. The fourth-order valence-electron chi connectivity index (χ4n) is 6.95. The molecule has 11 heteroatoms. The second-order valence-corrected chi connectivity index (χ2v) is 18.7. The number of nitrogens with zero attached hydrogens (tertiary/aromatic N) is 5. The first kappa shape index (κ1) is 44.0. The van der Waals surface area contributed by atoms with Crippen molar-refractivity contribution in [3.05, 3.63) is 161 Å². The molecule has 59 heavy (non-hydrogen) atoms. The van der Waals surface area contributed by atoms with E-state index in [1.165, 1.54) is 16.7 Å². The van der Waals surface area contributed by atoms with Crippen LogP contribution in [0.25, 0.3) is 90.9 Å². The van der Waals surface area contributed by atoms with E-state index in [1.54, 1.807) is 12.5 Å². The van der Waals surface area contributed by atoms with Crippen LogP contribution in [-0.4, -0.2) is 31.7 Å². The summed E-state index contributed by atoms with van der Waals surface area (Å²) in [6.45, 7) is 6.32. The fraction of sp³-hybridized carbons (Fsp3) is 0.104. The van der Waals surface area contributed by atoms with Crippen molar-refractivity contribution in [3.8, 4) is 44.5 Å². The molecule has 6 nitrogen and oxygen atoms in total. The Morgan fingerprint density at radius 1 is 0.458 bits per heavy atom. The summed E-state index contributed by atoms with van der Waals surface area (Å²) in [5.41, 5.74) is 18.4. The Labute approximate surface area is 376 Å². The van der Waals surface area contributed by atoms with Crippen molar-refractivity contribution < 1.29 is 40.2 Å². The topological polar surface area (TPSA) is 83.9 Å². The number of pyridine rings is 1. The average molecular weight is 1070 g/mol. The van der Waals surface area contributed by atoms with Crippen molar-refractivity contribution in [2.75, 3.05) is 12.5 Å². The van der Waals surface area contributed by atoms with Crippen molar-refractivity contribution in [3.63, 3.8) is 0 Å². The Bertz CT molecular complexity index is 2690. The zero-order valence-corrected chi connectivity index (χ0v) is 40.8. The second-order valence-electron chi connectivity index (χ2n) is 14.0. The minimum absolute atomic E-state index is 0. The van der Waals surface area contributed by atoms with Gasteiger partial charge < -0.3 is 9.97 Å². The summed E-state index contributed by atoms with van der Waals surface area (Å²) >= 11 is -0.472. The van der Waals surface area contributed by atoms with Crippen LogP contribution in [0, 0.1) is 20.8 Å². The summed E-state index contributed by atoms with van der Waals surface area (Å²) in [6, 6.07) is 38.2. The van der Waals surface area contributed by atoms with Crippen molar-refractivity contribution in [2.24, 2.45) is 0 Å². The first-order chi connectivity index (χ1) is 28.1. The average Bonchev–Trinajstić information content (AvgIpc) is 4.06. The summed E-state index contributed by atoms with van der Waals surface area (Å²) in [6.07, 6.45) is 15.3. The summed E-state index contributed by atoms with van der Waals surface area (Å²) in [7, 11) is 9.14. The van der Waals surface area contributed by atoms with E-state index in [-0.39, 0.29) is 19.5 Å². The van der Waals surface area contributed by atoms with Gasteiger partial charge in [-0.2, -0.15) is 0 Å². The van der Waals surface area contributed by atoms with Gasteiger partial charge in [0.2, 0.25) is 0 Å². The van der Waals surface area contributed by atoms with Gasteiger partial charge in [0.15, 0.2) is 0 Å². The maximum Gasteiger partial charge on any atom is 2.00 e. The normalized spacial score (nSPS) is 11.4. The predicted octanol–water partition coefficient (Wildman–Crippen LogP) is 12.3. The molecule has 0 fully saturated rings. The van der Waals surface area contributed by atoms with Crippen molar-refractivity contribution >= 4 is 76.0 Å². The zero-order valence-electron chi connectivity index (χ0n) is 33.2. The molecule has 0 radical (unpaired) electrons. The van der Waals surface area contributed by atoms with E-state index in [9.17, 15) is 4.21 Å². The fourth-order valence-corrected chi connectivity index (χ4v) is 6.95. The molecule has 2 aliphatic rings. The third-order valence-electron chi connectivity index (χ3n) is 9.60. The molecule has 0 saturated heterocycles. The van der Waals surface area contributed by atoms with Crippen molar-refractivity contribution in [1.29, 1.82) is 0 Å². The Hall–Kier alpha value is -4.55. The van der Waals surface area contributed by atoms with Crippen molar-refractivity contribution in [1.82, 2.24) is 24.9 Å². The molecular weight excluding hydrogens is 1030 g/mol. The number of fused-ring (bicyclic) bond motifs is 8. The minimum Gasteiger partial charge on any atom is 2.00 e. The maximum absolute atomic E-state index is 9.56. The Kier molecular flexibility index (Phi) is 15.0. The third-order valence-corrected chi connectivity index (χ3v) is 9.60. The van der Waals surface area contributed by atoms with E-state index in [0.717, 1.165) is 89.4 Å². The number of hydrogen-bond acceptors (Lipinski definition) is 4. The molecule has 0 amide bonds. The van der Waals surface area contributed by atoms with E-state index in [4.69, 9.17) is 38.8 Å². The number of halogens is 2. The summed E-state index contributed by atoms with van der Waals surface area (Å²) < 4.78 is 9.56. The molecular formula is C48H39Cl2N5OPtSZn. The summed E-state index contributed by atoms with van der Waals surface area (Å²) in [5.74, 6) is 0. The van der Waals surface area contributed by atoms with Gasteiger partial charge in [-0.3, -0.25) is 9.19 Å². The zero-order chi connectivity index (χ0) is 40.8. The van der Waals surface area contributed by atoms with Crippen LogP contribution in [0.4, 0.5) is 0 Å². The quantitative estimate of drug-likeness (QED) is 0.163. The van der Waals surface area contributed by atoms with Crippen molar-refractivity contribution in [2.45, 2.75) is 20.8 Å². The van der Waals surface area contributed by atoms with E-state index in [2.05, 4.69) is 147 Å². The van der Waals surface area contributed by atoms with Crippen LogP contribution in [0.5, 0.6) is 0 Å². The van der Waals surface area contributed by atoms with E-state index < -0.39 is 27.3 Å². The number of benzene rings is 3. The first-order valence-electron chi connectivity index (χ1n) is 18.4. The van der Waals surface area contributed by atoms with Crippen LogP contribution >= 0.6 is 18.8 Å². The first-order valence-corrected chi connectivity index (χ1v) is 26.0. The van der Waals surface area contributed by atoms with Gasteiger partial charge in [0, 0.05) is 41.3 Å². The molecule has 2 aliphatic heterocycles.